The molecule has 0 saturated carbocycles. The highest BCUT2D eigenvalue weighted by atomic mass is 16.3. The van der Waals surface area contributed by atoms with Gasteiger partial charge in [0.25, 0.3) is 0 Å². The Labute approximate surface area is 298 Å². The average molecular weight is 676 g/mol. The molecule has 0 aliphatic heterocycles. The number of nitrogens with one attached hydrogen (secondary N) is 1. The van der Waals surface area contributed by atoms with E-state index in [2.05, 4.69) is 43.5 Å². The number of carbonyl (C=O) groups is 1. The van der Waals surface area contributed by atoms with Crippen LogP contribution >= 0.6 is 0 Å². The van der Waals surface area contributed by atoms with Gasteiger partial charge in [0, 0.05) is 0 Å². The van der Waals surface area contributed by atoms with Crippen LogP contribution in [-0.4, -0.2) is 46.1 Å². The lowest BCUT2D eigenvalue weighted by Crippen LogP contribution is -2.45. The second kappa shape index (κ2) is 38.4. The number of aliphatic hydroxyl groups excluding tert-OH is 3. The lowest BCUT2D eigenvalue weighted by molar-refractivity contribution is -0.124. The lowest BCUT2D eigenvalue weighted by Gasteiger charge is -2.21. The zero-order valence-corrected chi connectivity index (χ0v) is 31.9. The molecule has 0 aliphatic rings. The molecule has 4 N–H and O–H groups in total. The molecule has 5 heteroatoms. The molecule has 3 atom stereocenters. The van der Waals surface area contributed by atoms with Crippen molar-refractivity contribution in [2.45, 2.75) is 225 Å². The van der Waals surface area contributed by atoms with Crippen molar-refractivity contribution in [1.82, 2.24) is 5.32 Å². The van der Waals surface area contributed by atoms with E-state index in [1.165, 1.54) is 148 Å². The van der Waals surface area contributed by atoms with Gasteiger partial charge in [-0.3, -0.25) is 4.79 Å². The van der Waals surface area contributed by atoms with Crippen molar-refractivity contribution < 1.29 is 20.1 Å². The maximum atomic E-state index is 12.4. The van der Waals surface area contributed by atoms with Gasteiger partial charge in [-0.25, -0.2) is 0 Å². The first-order valence-corrected chi connectivity index (χ1v) is 20.8. The van der Waals surface area contributed by atoms with E-state index in [-0.39, 0.29) is 18.9 Å². The molecule has 48 heavy (non-hydrogen) atoms. The van der Waals surface area contributed by atoms with Crippen LogP contribution in [0.25, 0.3) is 0 Å². The van der Waals surface area contributed by atoms with Crippen LogP contribution in [0.2, 0.25) is 0 Å². The standard InChI is InChI=1S/C43H81NO4/c1-3-5-7-9-11-13-15-16-17-18-19-20-21-22-23-24-25-26-27-28-30-32-34-36-40(46)38-43(48)44-41(39-45)42(47)37-35-33-31-29-14-12-10-8-6-4-2/h14,22-23,29,35,37,40-42,45-47H,3-13,15-21,24-28,30-34,36,38-39H2,1-2H3,(H,44,48)/b23-22-,29-14+,37-35+. The van der Waals surface area contributed by atoms with E-state index in [9.17, 15) is 20.1 Å². The van der Waals surface area contributed by atoms with Crippen LogP contribution in [0.4, 0.5) is 0 Å². The summed E-state index contributed by atoms with van der Waals surface area (Å²) in [6, 6.07) is -0.759. The summed E-state index contributed by atoms with van der Waals surface area (Å²) in [5, 5.41) is 33.0. The summed E-state index contributed by atoms with van der Waals surface area (Å²) in [6.45, 7) is 4.16. The predicted molar refractivity (Wildman–Crippen MR) is 208 cm³/mol. The molecular formula is C43H81NO4. The summed E-state index contributed by atoms with van der Waals surface area (Å²) in [5.74, 6) is -0.330. The lowest BCUT2D eigenvalue weighted by atomic mass is 10.0. The van der Waals surface area contributed by atoms with Crippen LogP contribution in [0.3, 0.4) is 0 Å². The first kappa shape index (κ1) is 46.6. The minimum absolute atomic E-state index is 0.00279. The van der Waals surface area contributed by atoms with Crippen molar-refractivity contribution in [1.29, 1.82) is 0 Å². The Kier molecular flexibility index (Phi) is 37.2. The monoisotopic (exact) mass is 676 g/mol. The number of rotatable bonds is 37. The van der Waals surface area contributed by atoms with Crippen LogP contribution in [0.1, 0.15) is 206 Å². The Hall–Kier alpha value is -1.43. The fourth-order valence-electron chi connectivity index (χ4n) is 6.17. The number of allylic oxidation sites excluding steroid dienone is 5. The number of hydrogen-bond donors (Lipinski definition) is 4. The number of carbonyl (C=O) groups excluding carboxylic acids is 1. The molecule has 0 aromatic carbocycles. The van der Waals surface area contributed by atoms with E-state index in [0.29, 0.717) is 6.42 Å². The fourth-order valence-corrected chi connectivity index (χ4v) is 6.17. The fraction of sp³-hybridized carbons (Fsp3) is 0.837. The normalized spacial score (nSPS) is 14.0. The van der Waals surface area contributed by atoms with Crippen molar-refractivity contribution in [2.24, 2.45) is 0 Å². The summed E-state index contributed by atoms with van der Waals surface area (Å²) in [7, 11) is 0. The smallest absolute Gasteiger partial charge is 0.222 e. The quantitative estimate of drug-likeness (QED) is 0.0390. The third-order valence-corrected chi connectivity index (χ3v) is 9.40. The van der Waals surface area contributed by atoms with Gasteiger partial charge in [-0.15, -0.1) is 0 Å². The van der Waals surface area contributed by atoms with Crippen molar-refractivity contribution in [3.05, 3.63) is 36.5 Å². The van der Waals surface area contributed by atoms with Gasteiger partial charge in [0.2, 0.25) is 5.91 Å². The van der Waals surface area contributed by atoms with Gasteiger partial charge in [-0.2, -0.15) is 0 Å². The first-order valence-electron chi connectivity index (χ1n) is 20.8. The Balaban J connectivity index is 3.64. The second-order valence-corrected chi connectivity index (χ2v) is 14.2. The SMILES string of the molecule is CCCCCC/C=C/CC/C=C/C(O)C(CO)NC(=O)CC(O)CCCCCCCCC/C=C\CCCCCCCCCCCCCC. The van der Waals surface area contributed by atoms with Crippen LogP contribution < -0.4 is 5.32 Å². The summed E-state index contributed by atoms with van der Waals surface area (Å²) < 4.78 is 0. The van der Waals surface area contributed by atoms with Crippen molar-refractivity contribution in [2.75, 3.05) is 6.61 Å². The van der Waals surface area contributed by atoms with Gasteiger partial charge in [-0.1, -0.05) is 179 Å². The molecule has 3 unspecified atom stereocenters. The van der Waals surface area contributed by atoms with Crippen LogP contribution in [0, 0.1) is 0 Å². The number of unbranched alkanes of at least 4 members (excludes halogenated alkanes) is 24. The molecule has 282 valence electrons. The van der Waals surface area contributed by atoms with E-state index < -0.39 is 18.2 Å². The molecule has 0 spiro atoms. The molecule has 0 rings (SSSR count). The summed E-state index contributed by atoms with van der Waals surface area (Å²) in [4.78, 5) is 12.4. The Bertz CT molecular complexity index is 749. The van der Waals surface area contributed by atoms with Crippen LogP contribution in [0.5, 0.6) is 0 Å². The van der Waals surface area contributed by atoms with Gasteiger partial charge in [0.05, 0.1) is 31.3 Å². The van der Waals surface area contributed by atoms with Crippen molar-refractivity contribution in [3.63, 3.8) is 0 Å². The second-order valence-electron chi connectivity index (χ2n) is 14.2. The molecule has 0 heterocycles. The van der Waals surface area contributed by atoms with Gasteiger partial charge in [-0.05, 0) is 57.8 Å². The van der Waals surface area contributed by atoms with E-state index in [0.717, 1.165) is 32.1 Å². The maximum absolute atomic E-state index is 12.4. The summed E-state index contributed by atoms with van der Waals surface area (Å²) in [5.41, 5.74) is 0. The molecule has 0 fully saturated rings. The minimum Gasteiger partial charge on any atom is -0.394 e. The molecule has 0 aliphatic carbocycles. The van der Waals surface area contributed by atoms with E-state index in [1.54, 1.807) is 6.08 Å². The Morgan fingerprint density at radius 2 is 0.896 bits per heavy atom. The number of amides is 1. The minimum atomic E-state index is -0.950. The molecule has 0 aromatic heterocycles. The maximum Gasteiger partial charge on any atom is 0.222 e. The third-order valence-electron chi connectivity index (χ3n) is 9.40. The molecule has 0 saturated heterocycles. The highest BCUT2D eigenvalue weighted by Gasteiger charge is 2.20. The van der Waals surface area contributed by atoms with E-state index in [1.807, 2.05) is 6.08 Å². The predicted octanol–water partition coefficient (Wildman–Crippen LogP) is 11.6. The van der Waals surface area contributed by atoms with Gasteiger partial charge < -0.3 is 20.6 Å². The number of hydrogen-bond acceptors (Lipinski definition) is 4. The molecular weight excluding hydrogens is 594 g/mol. The molecule has 0 bridgehead atoms. The Morgan fingerprint density at radius 3 is 1.35 bits per heavy atom. The van der Waals surface area contributed by atoms with Gasteiger partial charge in [0.15, 0.2) is 0 Å². The molecule has 5 nitrogen and oxygen atoms in total. The average Bonchev–Trinajstić information content (AvgIpc) is 3.08. The van der Waals surface area contributed by atoms with Gasteiger partial charge >= 0.3 is 0 Å². The summed E-state index contributed by atoms with van der Waals surface area (Å²) >= 11 is 0. The van der Waals surface area contributed by atoms with E-state index in [4.69, 9.17) is 0 Å². The summed E-state index contributed by atoms with van der Waals surface area (Å²) in [6.07, 6.45) is 47.2. The van der Waals surface area contributed by atoms with Crippen LogP contribution in [0.15, 0.2) is 36.5 Å². The topological polar surface area (TPSA) is 89.8 Å². The van der Waals surface area contributed by atoms with Crippen LogP contribution in [-0.2, 0) is 4.79 Å². The highest BCUT2D eigenvalue weighted by Crippen LogP contribution is 2.14. The van der Waals surface area contributed by atoms with Gasteiger partial charge in [0.1, 0.15) is 0 Å². The van der Waals surface area contributed by atoms with Crippen molar-refractivity contribution >= 4 is 5.91 Å². The zero-order valence-electron chi connectivity index (χ0n) is 31.9. The molecule has 1 amide bonds. The largest absolute Gasteiger partial charge is 0.394 e. The molecule has 0 aromatic rings. The first-order chi connectivity index (χ1) is 23.5. The third kappa shape index (κ3) is 34.4. The number of aliphatic hydroxyl groups is 3. The zero-order chi connectivity index (χ0) is 35.2. The van der Waals surface area contributed by atoms with Crippen molar-refractivity contribution in [3.8, 4) is 0 Å². The Morgan fingerprint density at radius 1 is 0.521 bits per heavy atom. The highest BCUT2D eigenvalue weighted by molar-refractivity contribution is 5.76. The molecule has 0 radical (unpaired) electrons. The van der Waals surface area contributed by atoms with E-state index >= 15 is 0 Å².